The van der Waals surface area contributed by atoms with Crippen LogP contribution in [0.5, 0.6) is 0 Å². The molecule has 0 aliphatic heterocycles. The summed E-state index contributed by atoms with van der Waals surface area (Å²) in [6, 6.07) is 58.7. The summed E-state index contributed by atoms with van der Waals surface area (Å²) in [5, 5.41) is 7.96. The predicted octanol–water partition coefficient (Wildman–Crippen LogP) is 14.2. The molecule has 0 amide bonds. The molecule has 12 rings (SSSR count). The van der Waals surface area contributed by atoms with Crippen LogP contribution in [0.1, 0.15) is 30.7 Å². The maximum atomic E-state index is 2.47. The van der Waals surface area contributed by atoms with E-state index in [0.717, 1.165) is 19.3 Å². The molecule has 4 heteroatoms. The molecule has 3 heterocycles. The zero-order valence-electron chi connectivity index (χ0n) is 31.8. The third-order valence-electron chi connectivity index (χ3n) is 12.1. The third-order valence-corrected chi connectivity index (χ3v) is 14.5. The predicted molar refractivity (Wildman–Crippen MR) is 252 cm³/mol. The maximum absolute atomic E-state index is 2.47. The molecule has 58 heavy (non-hydrogen) atoms. The van der Waals surface area contributed by atoms with E-state index < -0.39 is 0 Å². The van der Waals surface area contributed by atoms with Crippen molar-refractivity contribution in [2.45, 2.75) is 25.2 Å². The molecule has 0 N–H and O–H groups in total. The standard InChI is InChI=1S/C54H38N2S2/c1-2-15-39(16-3-1)55(41-25-28-53-47(33-41)44-19-5-8-22-51(44)57-53)40-17-11-14-37(31-40)35-12-10-13-36(30-35)38-24-27-50-46(32-38)43-18-4-7-21-49(43)56(50)42-26-29-54-48(34-42)45-20-6-9-23-52(45)58-54/h1-4,6-7,9-30,32-34,37H,5,8,31H2. The molecule has 1 unspecified atom stereocenters. The van der Waals surface area contributed by atoms with Crippen molar-refractivity contribution in [2.24, 2.45) is 0 Å². The molecule has 0 radical (unpaired) electrons. The average Bonchev–Trinajstić information content (AvgIpc) is 3.96. The van der Waals surface area contributed by atoms with Gasteiger partial charge in [-0.2, -0.15) is 0 Å². The molecular formula is C54H38N2S2. The Morgan fingerprint density at radius 2 is 1.29 bits per heavy atom. The van der Waals surface area contributed by atoms with Gasteiger partial charge in [-0.3, -0.25) is 0 Å². The molecule has 0 bridgehead atoms. The molecule has 3 aromatic heterocycles. The number of hydrogen-bond donors (Lipinski definition) is 0. The zero-order chi connectivity index (χ0) is 38.2. The van der Waals surface area contributed by atoms with Crippen LogP contribution in [0, 0.1) is 0 Å². The second-order valence-electron chi connectivity index (χ2n) is 15.6. The fraction of sp³-hybridized carbons (Fsp3) is 0.0741. The van der Waals surface area contributed by atoms with Crippen LogP contribution in [0.4, 0.5) is 11.4 Å². The van der Waals surface area contributed by atoms with E-state index in [1.54, 1.807) is 0 Å². The molecule has 2 aliphatic carbocycles. The number of thiophene rings is 2. The van der Waals surface area contributed by atoms with E-state index in [4.69, 9.17) is 0 Å². The van der Waals surface area contributed by atoms with Crippen LogP contribution in [0.3, 0.4) is 0 Å². The lowest BCUT2D eigenvalue weighted by molar-refractivity contribution is 0.794. The minimum Gasteiger partial charge on any atom is -0.314 e. The van der Waals surface area contributed by atoms with Gasteiger partial charge < -0.3 is 9.47 Å². The summed E-state index contributed by atoms with van der Waals surface area (Å²) in [5.41, 5.74) is 11.2. The van der Waals surface area contributed by atoms with Crippen molar-refractivity contribution in [2.75, 3.05) is 4.90 Å². The first kappa shape index (κ1) is 33.7. The van der Waals surface area contributed by atoms with Gasteiger partial charge in [0.1, 0.15) is 0 Å². The molecule has 0 saturated heterocycles. The van der Waals surface area contributed by atoms with Crippen LogP contribution < -0.4 is 14.7 Å². The smallest absolute Gasteiger partial charge is 0.0541 e. The van der Waals surface area contributed by atoms with Crippen molar-refractivity contribution in [3.8, 4) is 16.8 Å². The Balaban J connectivity index is 0.904. The Kier molecular flexibility index (Phi) is 7.89. The van der Waals surface area contributed by atoms with E-state index in [2.05, 4.69) is 198 Å². The van der Waals surface area contributed by atoms with Crippen molar-refractivity contribution in [3.05, 3.63) is 197 Å². The van der Waals surface area contributed by atoms with Crippen molar-refractivity contribution in [3.63, 3.8) is 0 Å². The highest BCUT2D eigenvalue weighted by Gasteiger charge is 2.23. The molecule has 0 saturated carbocycles. The highest BCUT2D eigenvalue weighted by atomic mass is 32.1. The van der Waals surface area contributed by atoms with E-state index in [0.29, 0.717) is 0 Å². The van der Waals surface area contributed by atoms with Gasteiger partial charge in [0.2, 0.25) is 0 Å². The number of para-hydroxylation sites is 2. The van der Waals surface area contributed by atoms with E-state index >= 15 is 0 Å². The molecule has 1 atom stereocenters. The van der Waals surface area contributed by atoms with Gasteiger partial charge in [0.25, 0.3) is 0 Å². The second kappa shape index (κ2) is 13.6. The number of benzene rings is 7. The first-order valence-electron chi connectivity index (χ1n) is 20.2. The van der Waals surface area contributed by atoms with Crippen molar-refractivity contribution in [1.82, 2.24) is 4.57 Å². The second-order valence-corrected chi connectivity index (χ2v) is 17.7. The molecule has 276 valence electrons. The number of fused-ring (bicyclic) bond motifs is 9. The van der Waals surface area contributed by atoms with E-state index in [1.807, 2.05) is 22.7 Å². The zero-order valence-corrected chi connectivity index (χ0v) is 33.4. The molecular weight excluding hydrogens is 741 g/mol. The van der Waals surface area contributed by atoms with Gasteiger partial charge in [0, 0.05) is 74.2 Å². The van der Waals surface area contributed by atoms with E-state index in [-0.39, 0.29) is 5.92 Å². The minimum atomic E-state index is 0.250. The number of aromatic nitrogens is 1. The summed E-state index contributed by atoms with van der Waals surface area (Å²) in [6.45, 7) is 0. The number of nitrogens with zero attached hydrogens (tertiary/aromatic N) is 2. The lowest BCUT2D eigenvalue weighted by atomic mass is 9.88. The Bertz CT molecular complexity index is 3450. The first-order chi connectivity index (χ1) is 28.7. The number of rotatable bonds is 6. The van der Waals surface area contributed by atoms with Crippen molar-refractivity contribution < 1.29 is 0 Å². The van der Waals surface area contributed by atoms with Gasteiger partial charge in [-0.05, 0) is 120 Å². The molecule has 0 fully saturated rings. The van der Waals surface area contributed by atoms with Crippen molar-refractivity contribution in [1.29, 1.82) is 0 Å². The summed E-state index contributed by atoms with van der Waals surface area (Å²) in [7, 11) is 0. The Morgan fingerprint density at radius 3 is 2.24 bits per heavy atom. The summed E-state index contributed by atoms with van der Waals surface area (Å²) in [5.74, 6) is 0.250. The van der Waals surface area contributed by atoms with Gasteiger partial charge in [-0.25, -0.2) is 0 Å². The Morgan fingerprint density at radius 1 is 0.517 bits per heavy atom. The van der Waals surface area contributed by atoms with Gasteiger partial charge in [-0.1, -0.05) is 109 Å². The van der Waals surface area contributed by atoms with Crippen molar-refractivity contribution >= 4 is 98.3 Å². The maximum Gasteiger partial charge on any atom is 0.0541 e. The molecule has 2 nitrogen and oxygen atoms in total. The van der Waals surface area contributed by atoms with E-state index in [1.165, 1.54) is 101 Å². The van der Waals surface area contributed by atoms with Crippen LogP contribution in [-0.2, 0) is 0 Å². The number of anilines is 2. The monoisotopic (exact) mass is 778 g/mol. The fourth-order valence-corrected chi connectivity index (χ4v) is 11.7. The fourth-order valence-electron chi connectivity index (χ4n) is 9.41. The lowest BCUT2D eigenvalue weighted by Gasteiger charge is -2.31. The average molecular weight is 779 g/mol. The third kappa shape index (κ3) is 5.51. The Labute approximate surface area is 344 Å². The molecule has 10 aromatic rings. The summed E-state index contributed by atoms with van der Waals surface area (Å²) >= 11 is 3.79. The molecule has 0 spiro atoms. The van der Waals surface area contributed by atoms with Gasteiger partial charge in [0.15, 0.2) is 0 Å². The van der Waals surface area contributed by atoms with Crippen LogP contribution in [0.15, 0.2) is 182 Å². The minimum absolute atomic E-state index is 0.250. The van der Waals surface area contributed by atoms with Crippen LogP contribution >= 0.6 is 22.7 Å². The normalized spacial score (nSPS) is 15.2. The Hall–Kier alpha value is -6.46. The number of allylic oxidation sites excluding steroid dienone is 4. The summed E-state index contributed by atoms with van der Waals surface area (Å²) in [4.78, 5) is 2.47. The van der Waals surface area contributed by atoms with Gasteiger partial charge in [-0.15, -0.1) is 22.7 Å². The summed E-state index contributed by atoms with van der Waals surface area (Å²) < 4.78 is 7.88. The lowest BCUT2D eigenvalue weighted by Crippen LogP contribution is -2.22. The van der Waals surface area contributed by atoms with Gasteiger partial charge in [0.05, 0.1) is 11.0 Å². The highest BCUT2D eigenvalue weighted by molar-refractivity contribution is 7.25. The topological polar surface area (TPSA) is 8.17 Å². The summed E-state index contributed by atoms with van der Waals surface area (Å²) in [6.07, 6.45) is 14.9. The van der Waals surface area contributed by atoms with Crippen LogP contribution in [0.2, 0.25) is 0 Å². The number of hydrogen-bond acceptors (Lipinski definition) is 3. The van der Waals surface area contributed by atoms with Gasteiger partial charge >= 0.3 is 0 Å². The largest absolute Gasteiger partial charge is 0.314 e. The quantitative estimate of drug-likeness (QED) is 0.163. The highest BCUT2D eigenvalue weighted by Crippen LogP contribution is 2.41. The first-order valence-corrected chi connectivity index (χ1v) is 21.9. The SMILES string of the molecule is C1=CC(c2cccc(-c3ccc4c(c3)c3ccccc3n4-c3ccc4sc5ccccc5c4c3)c2)CC(N(c2ccccc2)c2ccc3sc4c(c3c2)=CCCC=4)=C1. The molecule has 7 aromatic carbocycles. The molecule has 2 aliphatic rings. The van der Waals surface area contributed by atoms with Crippen LogP contribution in [0.25, 0.3) is 81.0 Å². The van der Waals surface area contributed by atoms with Crippen LogP contribution in [-0.4, -0.2) is 4.57 Å². The van der Waals surface area contributed by atoms with E-state index in [9.17, 15) is 0 Å².